The van der Waals surface area contributed by atoms with E-state index in [1.165, 1.54) is 25.7 Å². The smallest absolute Gasteiger partial charge is 0.0743 e. The topological polar surface area (TPSA) is 32.3 Å². The third-order valence-electron chi connectivity index (χ3n) is 2.57. The summed E-state index contributed by atoms with van der Waals surface area (Å²) in [4.78, 5) is 0. The van der Waals surface area contributed by atoms with E-state index in [9.17, 15) is 5.11 Å². The zero-order chi connectivity index (χ0) is 10.9. The first kappa shape index (κ1) is 13.9. The van der Waals surface area contributed by atoms with Crippen LogP contribution in [-0.4, -0.2) is 23.8 Å². The van der Waals surface area contributed by atoms with Crippen LogP contribution in [0.15, 0.2) is 0 Å². The second-order valence-electron chi connectivity index (χ2n) is 4.44. The predicted octanol–water partition coefficient (Wildman–Crippen LogP) is 2.71. The molecule has 0 aliphatic rings. The molecule has 1 unspecified atom stereocenters. The number of likely N-dealkylation sites (N-methyl/N-ethyl adjacent to an activating group) is 1. The van der Waals surface area contributed by atoms with Crippen molar-refractivity contribution in [3.05, 3.63) is 0 Å². The summed E-state index contributed by atoms with van der Waals surface area (Å²) in [6.45, 7) is 7.87. The third-order valence-corrected chi connectivity index (χ3v) is 2.57. The average Bonchev–Trinajstić information content (AvgIpc) is 2.15. The number of rotatable bonds is 9. The Hall–Kier alpha value is -0.0800. The second-order valence-corrected chi connectivity index (χ2v) is 4.44. The van der Waals surface area contributed by atoms with E-state index in [1.807, 2.05) is 6.92 Å². The quantitative estimate of drug-likeness (QED) is 0.562. The lowest BCUT2D eigenvalue weighted by Crippen LogP contribution is -2.37. The summed E-state index contributed by atoms with van der Waals surface area (Å²) in [5.41, 5.74) is -0.512. The minimum absolute atomic E-state index is 0.512. The Balaban J connectivity index is 3.35. The van der Waals surface area contributed by atoms with E-state index in [1.54, 1.807) is 0 Å². The molecule has 2 heteroatoms. The van der Waals surface area contributed by atoms with Crippen molar-refractivity contribution in [1.82, 2.24) is 5.32 Å². The van der Waals surface area contributed by atoms with Crippen LogP contribution in [0.1, 0.15) is 59.3 Å². The molecule has 86 valence electrons. The summed E-state index contributed by atoms with van der Waals surface area (Å²) in [6, 6.07) is 0. The van der Waals surface area contributed by atoms with Crippen LogP contribution in [0.25, 0.3) is 0 Å². The Morgan fingerprint density at radius 3 is 2.29 bits per heavy atom. The van der Waals surface area contributed by atoms with Gasteiger partial charge in [-0.1, -0.05) is 46.0 Å². The van der Waals surface area contributed by atoms with Crippen molar-refractivity contribution in [2.24, 2.45) is 0 Å². The first-order valence-electron chi connectivity index (χ1n) is 6.05. The third kappa shape index (κ3) is 8.52. The molecule has 2 N–H and O–H groups in total. The lowest BCUT2D eigenvalue weighted by Gasteiger charge is -2.23. The van der Waals surface area contributed by atoms with Gasteiger partial charge in [0.2, 0.25) is 0 Å². The SMILES string of the molecule is CCCCCCCC(C)(O)CNCC. The Morgan fingerprint density at radius 2 is 1.71 bits per heavy atom. The van der Waals surface area contributed by atoms with Crippen LogP contribution in [-0.2, 0) is 0 Å². The normalized spacial score (nSPS) is 15.4. The monoisotopic (exact) mass is 201 g/mol. The van der Waals surface area contributed by atoms with E-state index in [4.69, 9.17) is 0 Å². The van der Waals surface area contributed by atoms with Crippen LogP contribution in [0.3, 0.4) is 0 Å². The van der Waals surface area contributed by atoms with Gasteiger partial charge in [0.15, 0.2) is 0 Å². The van der Waals surface area contributed by atoms with Crippen molar-refractivity contribution in [2.75, 3.05) is 13.1 Å². The molecule has 0 aromatic heterocycles. The minimum Gasteiger partial charge on any atom is -0.389 e. The van der Waals surface area contributed by atoms with E-state index >= 15 is 0 Å². The van der Waals surface area contributed by atoms with E-state index in [0.717, 1.165) is 25.9 Å². The van der Waals surface area contributed by atoms with Crippen LogP contribution >= 0.6 is 0 Å². The molecule has 0 saturated carbocycles. The largest absolute Gasteiger partial charge is 0.389 e. The fraction of sp³-hybridized carbons (Fsp3) is 1.00. The summed E-state index contributed by atoms with van der Waals surface area (Å²) in [7, 11) is 0. The van der Waals surface area contributed by atoms with Gasteiger partial charge in [-0.15, -0.1) is 0 Å². The van der Waals surface area contributed by atoms with Gasteiger partial charge in [-0.2, -0.15) is 0 Å². The molecular formula is C12H27NO. The highest BCUT2D eigenvalue weighted by atomic mass is 16.3. The molecule has 0 fully saturated rings. The molecule has 0 aliphatic heterocycles. The molecule has 0 rings (SSSR count). The maximum Gasteiger partial charge on any atom is 0.0743 e. The van der Waals surface area contributed by atoms with Crippen molar-refractivity contribution in [2.45, 2.75) is 64.9 Å². The Labute approximate surface area is 89.1 Å². The zero-order valence-electron chi connectivity index (χ0n) is 10.1. The highest BCUT2D eigenvalue weighted by Gasteiger charge is 2.18. The van der Waals surface area contributed by atoms with E-state index in [-0.39, 0.29) is 0 Å². The summed E-state index contributed by atoms with van der Waals surface area (Å²) in [5, 5.41) is 13.1. The fourth-order valence-electron chi connectivity index (χ4n) is 1.59. The van der Waals surface area contributed by atoms with Crippen molar-refractivity contribution in [3.63, 3.8) is 0 Å². The van der Waals surface area contributed by atoms with Gasteiger partial charge in [-0.3, -0.25) is 0 Å². The highest BCUT2D eigenvalue weighted by molar-refractivity contribution is 4.74. The van der Waals surface area contributed by atoms with Gasteiger partial charge in [0, 0.05) is 6.54 Å². The van der Waals surface area contributed by atoms with Crippen LogP contribution < -0.4 is 5.32 Å². The van der Waals surface area contributed by atoms with E-state index in [2.05, 4.69) is 19.2 Å². The van der Waals surface area contributed by atoms with Crippen molar-refractivity contribution in [1.29, 1.82) is 0 Å². The highest BCUT2D eigenvalue weighted by Crippen LogP contribution is 2.14. The molecule has 0 amide bonds. The molecule has 0 radical (unpaired) electrons. The minimum atomic E-state index is -0.512. The molecule has 2 nitrogen and oxygen atoms in total. The molecular weight excluding hydrogens is 174 g/mol. The van der Waals surface area contributed by atoms with Gasteiger partial charge >= 0.3 is 0 Å². The van der Waals surface area contributed by atoms with Gasteiger partial charge in [-0.05, 0) is 19.9 Å². The van der Waals surface area contributed by atoms with Gasteiger partial charge < -0.3 is 10.4 Å². The fourth-order valence-corrected chi connectivity index (χ4v) is 1.59. The van der Waals surface area contributed by atoms with Crippen LogP contribution in [0.2, 0.25) is 0 Å². The van der Waals surface area contributed by atoms with Gasteiger partial charge in [0.05, 0.1) is 5.60 Å². The van der Waals surface area contributed by atoms with Gasteiger partial charge in [0.1, 0.15) is 0 Å². The number of hydrogen-bond acceptors (Lipinski definition) is 2. The van der Waals surface area contributed by atoms with E-state index in [0.29, 0.717) is 0 Å². The lowest BCUT2D eigenvalue weighted by atomic mass is 9.98. The summed E-state index contributed by atoms with van der Waals surface area (Å²) >= 11 is 0. The standard InChI is InChI=1S/C12H27NO/c1-4-6-7-8-9-10-12(3,14)11-13-5-2/h13-14H,4-11H2,1-3H3. The molecule has 0 saturated heterocycles. The van der Waals surface area contributed by atoms with Gasteiger partial charge in [0.25, 0.3) is 0 Å². The molecule has 0 aromatic carbocycles. The first-order valence-corrected chi connectivity index (χ1v) is 6.05. The van der Waals surface area contributed by atoms with E-state index < -0.39 is 5.60 Å². The molecule has 0 spiro atoms. The molecule has 0 aromatic rings. The maximum absolute atomic E-state index is 9.94. The predicted molar refractivity (Wildman–Crippen MR) is 62.5 cm³/mol. The molecule has 0 heterocycles. The Kier molecular flexibility index (Phi) is 8.20. The molecule has 14 heavy (non-hydrogen) atoms. The van der Waals surface area contributed by atoms with Crippen molar-refractivity contribution >= 4 is 0 Å². The maximum atomic E-state index is 9.94. The Morgan fingerprint density at radius 1 is 1.07 bits per heavy atom. The number of aliphatic hydroxyl groups is 1. The summed E-state index contributed by atoms with van der Waals surface area (Å²) in [5.74, 6) is 0. The van der Waals surface area contributed by atoms with Crippen molar-refractivity contribution in [3.8, 4) is 0 Å². The average molecular weight is 201 g/mol. The second kappa shape index (κ2) is 8.25. The van der Waals surface area contributed by atoms with Crippen molar-refractivity contribution < 1.29 is 5.11 Å². The lowest BCUT2D eigenvalue weighted by molar-refractivity contribution is 0.0486. The van der Waals surface area contributed by atoms with Gasteiger partial charge in [-0.25, -0.2) is 0 Å². The van der Waals surface area contributed by atoms with Crippen LogP contribution in [0, 0.1) is 0 Å². The summed E-state index contributed by atoms with van der Waals surface area (Å²) < 4.78 is 0. The number of unbranched alkanes of at least 4 members (excludes halogenated alkanes) is 4. The molecule has 0 aliphatic carbocycles. The zero-order valence-corrected chi connectivity index (χ0v) is 10.1. The van der Waals surface area contributed by atoms with Crippen LogP contribution in [0.5, 0.6) is 0 Å². The van der Waals surface area contributed by atoms with Crippen LogP contribution in [0.4, 0.5) is 0 Å². The molecule has 1 atom stereocenters. The Bertz CT molecular complexity index is 123. The number of hydrogen-bond donors (Lipinski definition) is 2. The first-order chi connectivity index (χ1) is 6.62. The number of nitrogens with one attached hydrogen (secondary N) is 1. The molecule has 0 bridgehead atoms. The summed E-state index contributed by atoms with van der Waals surface area (Å²) in [6.07, 6.45) is 7.26.